The van der Waals surface area contributed by atoms with Gasteiger partial charge in [0, 0.05) is 6.04 Å². The molecule has 0 aromatic carbocycles. The molecule has 1 nitrogen and oxygen atoms in total. The van der Waals surface area contributed by atoms with Crippen LogP contribution in [0.3, 0.4) is 0 Å². The van der Waals surface area contributed by atoms with Gasteiger partial charge >= 0.3 is 0 Å². The van der Waals surface area contributed by atoms with E-state index in [1.807, 2.05) is 0 Å². The van der Waals surface area contributed by atoms with Crippen molar-refractivity contribution in [3.8, 4) is 0 Å². The molecular weight excluding hydrogens is 254 g/mol. The molecule has 0 rings (SSSR count). The Morgan fingerprint density at radius 3 is 1.62 bits per heavy atom. The van der Waals surface area contributed by atoms with Gasteiger partial charge in [-0.05, 0) is 30.1 Å². The highest BCUT2D eigenvalue weighted by Crippen LogP contribution is 2.36. The topological polar surface area (TPSA) is 26.0 Å². The first-order chi connectivity index (χ1) is 9.65. The first kappa shape index (κ1) is 20.4. The molecule has 0 saturated carbocycles. The number of nitrogens with two attached hydrogens (primary N) is 1. The second kappa shape index (κ2) is 8.78. The molecule has 1 unspecified atom stereocenters. The molecule has 0 fully saturated rings. The highest BCUT2D eigenvalue weighted by Gasteiger charge is 2.25. The summed E-state index contributed by atoms with van der Waals surface area (Å²) in [6.45, 7) is 22.3. The molecule has 0 aliphatic carbocycles. The van der Waals surface area contributed by atoms with Crippen LogP contribution < -0.4 is 5.73 Å². The van der Waals surface area contributed by atoms with Gasteiger partial charge in [0.2, 0.25) is 0 Å². The maximum atomic E-state index is 6.38. The van der Waals surface area contributed by atoms with Gasteiger partial charge in [-0.25, -0.2) is 0 Å². The Labute approximate surface area is 134 Å². The summed E-state index contributed by atoms with van der Waals surface area (Å²) in [4.78, 5) is 0. The van der Waals surface area contributed by atoms with Gasteiger partial charge in [-0.2, -0.15) is 0 Å². The van der Waals surface area contributed by atoms with Crippen molar-refractivity contribution in [2.24, 2.45) is 16.6 Å². The van der Waals surface area contributed by atoms with E-state index in [9.17, 15) is 0 Å². The molecule has 0 radical (unpaired) electrons. The van der Waals surface area contributed by atoms with Crippen LogP contribution in [0.2, 0.25) is 0 Å². The van der Waals surface area contributed by atoms with Crippen molar-refractivity contribution in [2.75, 3.05) is 0 Å². The SMILES string of the molecule is C=C(CC(N)C(=C)CC(C)(CC)CC)CC(C)(CC)CC. The fourth-order valence-corrected chi connectivity index (χ4v) is 2.81. The second-order valence-electron chi connectivity index (χ2n) is 7.61. The highest BCUT2D eigenvalue weighted by atomic mass is 14.6. The summed E-state index contributed by atoms with van der Waals surface area (Å²) in [7, 11) is 0. The Kier molecular flexibility index (Phi) is 8.54. The zero-order chi connectivity index (χ0) is 16.7. The van der Waals surface area contributed by atoms with Crippen molar-refractivity contribution in [1.29, 1.82) is 0 Å². The summed E-state index contributed by atoms with van der Waals surface area (Å²) in [5.41, 5.74) is 9.57. The number of hydrogen-bond donors (Lipinski definition) is 1. The monoisotopic (exact) mass is 293 g/mol. The Bertz CT molecular complexity index is 332. The summed E-state index contributed by atoms with van der Waals surface area (Å²) < 4.78 is 0. The number of rotatable bonds is 11. The zero-order valence-electron chi connectivity index (χ0n) is 15.5. The molecule has 0 aromatic heterocycles. The normalized spacial score (nSPS) is 14.0. The fourth-order valence-electron chi connectivity index (χ4n) is 2.81. The first-order valence-corrected chi connectivity index (χ1v) is 8.75. The molecule has 1 heteroatoms. The maximum Gasteiger partial charge on any atom is 0.0288 e. The van der Waals surface area contributed by atoms with Crippen molar-refractivity contribution < 1.29 is 0 Å². The summed E-state index contributed by atoms with van der Waals surface area (Å²) in [6.07, 6.45) is 7.76. The summed E-state index contributed by atoms with van der Waals surface area (Å²) in [5.74, 6) is 0. The third-order valence-electron chi connectivity index (χ3n) is 5.78. The molecule has 124 valence electrons. The highest BCUT2D eigenvalue weighted by molar-refractivity contribution is 5.13. The van der Waals surface area contributed by atoms with E-state index in [0.29, 0.717) is 10.8 Å². The third kappa shape index (κ3) is 6.82. The lowest BCUT2D eigenvalue weighted by molar-refractivity contribution is 0.284. The van der Waals surface area contributed by atoms with E-state index in [-0.39, 0.29) is 6.04 Å². The van der Waals surface area contributed by atoms with Crippen LogP contribution in [-0.2, 0) is 0 Å². The zero-order valence-corrected chi connectivity index (χ0v) is 15.5. The summed E-state index contributed by atoms with van der Waals surface area (Å²) in [5, 5.41) is 0. The van der Waals surface area contributed by atoms with Crippen LogP contribution in [0.25, 0.3) is 0 Å². The standard InChI is InChI=1S/C20H39N/c1-9-19(7,10-2)14-16(5)13-18(21)17(6)15-20(8,11-3)12-4/h18H,5-6,9-15,21H2,1-4,7-8H3. The van der Waals surface area contributed by atoms with E-state index in [1.165, 1.54) is 36.8 Å². The lowest BCUT2D eigenvalue weighted by Crippen LogP contribution is -2.28. The molecule has 21 heavy (non-hydrogen) atoms. The van der Waals surface area contributed by atoms with Gasteiger partial charge in [-0.15, -0.1) is 0 Å². The predicted molar refractivity (Wildman–Crippen MR) is 97.5 cm³/mol. The molecular formula is C20H39N. The van der Waals surface area contributed by atoms with Crippen molar-refractivity contribution in [2.45, 2.75) is 92.5 Å². The van der Waals surface area contributed by atoms with Gasteiger partial charge in [0.15, 0.2) is 0 Å². The van der Waals surface area contributed by atoms with Crippen molar-refractivity contribution >= 4 is 0 Å². The molecule has 0 amide bonds. The van der Waals surface area contributed by atoms with Crippen LogP contribution in [-0.4, -0.2) is 6.04 Å². The molecule has 1 atom stereocenters. The third-order valence-corrected chi connectivity index (χ3v) is 5.78. The molecule has 0 spiro atoms. The van der Waals surface area contributed by atoms with Gasteiger partial charge in [-0.3, -0.25) is 0 Å². The van der Waals surface area contributed by atoms with Gasteiger partial charge < -0.3 is 5.73 Å². The van der Waals surface area contributed by atoms with E-state index >= 15 is 0 Å². The fraction of sp³-hybridized carbons (Fsp3) is 0.800. The average molecular weight is 294 g/mol. The summed E-state index contributed by atoms with van der Waals surface area (Å²) in [6, 6.07) is 0.0629. The van der Waals surface area contributed by atoms with Crippen molar-refractivity contribution in [3.63, 3.8) is 0 Å². The molecule has 0 saturated heterocycles. The van der Waals surface area contributed by atoms with Crippen molar-refractivity contribution in [1.82, 2.24) is 0 Å². The lowest BCUT2D eigenvalue weighted by atomic mass is 9.75. The number of hydrogen-bond acceptors (Lipinski definition) is 1. The van der Waals surface area contributed by atoms with Crippen LogP contribution in [0.5, 0.6) is 0 Å². The largest absolute Gasteiger partial charge is 0.324 e. The molecule has 0 heterocycles. The Balaban J connectivity index is 4.51. The molecule has 2 N–H and O–H groups in total. The van der Waals surface area contributed by atoms with Crippen LogP contribution >= 0.6 is 0 Å². The Morgan fingerprint density at radius 2 is 1.24 bits per heavy atom. The first-order valence-electron chi connectivity index (χ1n) is 8.75. The van der Waals surface area contributed by atoms with Crippen LogP contribution in [0.15, 0.2) is 24.3 Å². The van der Waals surface area contributed by atoms with E-state index in [0.717, 1.165) is 19.3 Å². The average Bonchev–Trinajstić information content (AvgIpc) is 2.46. The van der Waals surface area contributed by atoms with Crippen LogP contribution in [0, 0.1) is 10.8 Å². The Hall–Kier alpha value is -0.560. The lowest BCUT2D eigenvalue weighted by Gasteiger charge is -2.31. The Morgan fingerprint density at radius 1 is 0.857 bits per heavy atom. The molecule has 0 aliphatic heterocycles. The molecule has 0 aliphatic rings. The van der Waals surface area contributed by atoms with Gasteiger partial charge in [0.25, 0.3) is 0 Å². The molecule has 0 bridgehead atoms. The quantitative estimate of drug-likeness (QED) is 0.448. The molecule has 0 aromatic rings. The predicted octanol–water partition coefficient (Wildman–Crippen LogP) is 6.25. The maximum absolute atomic E-state index is 6.38. The van der Waals surface area contributed by atoms with Crippen LogP contribution in [0.4, 0.5) is 0 Å². The summed E-state index contributed by atoms with van der Waals surface area (Å²) >= 11 is 0. The second-order valence-corrected chi connectivity index (χ2v) is 7.61. The van der Waals surface area contributed by atoms with Crippen molar-refractivity contribution in [3.05, 3.63) is 24.3 Å². The minimum absolute atomic E-state index is 0.0629. The van der Waals surface area contributed by atoms with E-state index in [4.69, 9.17) is 5.73 Å². The minimum Gasteiger partial charge on any atom is -0.324 e. The van der Waals surface area contributed by atoms with Crippen LogP contribution in [0.1, 0.15) is 86.5 Å². The van der Waals surface area contributed by atoms with E-state index in [2.05, 4.69) is 54.7 Å². The van der Waals surface area contributed by atoms with E-state index in [1.54, 1.807) is 0 Å². The van der Waals surface area contributed by atoms with Gasteiger partial charge in [-0.1, -0.05) is 91.5 Å². The van der Waals surface area contributed by atoms with Gasteiger partial charge in [0.05, 0.1) is 0 Å². The van der Waals surface area contributed by atoms with Gasteiger partial charge in [0.1, 0.15) is 0 Å². The van der Waals surface area contributed by atoms with E-state index < -0.39 is 0 Å². The minimum atomic E-state index is 0.0629. The smallest absolute Gasteiger partial charge is 0.0288 e.